The number of carboxylic acids is 2. The fourth-order valence-corrected chi connectivity index (χ4v) is 0.270. The van der Waals surface area contributed by atoms with Crippen LogP contribution in [-0.4, -0.2) is 71.9 Å². The Labute approximate surface area is 87.4 Å². The Bertz CT molecular complexity index is 200. The van der Waals surface area contributed by atoms with Crippen LogP contribution in [0.5, 0.6) is 0 Å². The van der Waals surface area contributed by atoms with Crippen LogP contribution in [0.15, 0.2) is 0 Å². The molecule has 0 heterocycles. The Morgan fingerprint density at radius 2 is 0.812 bits per heavy atom. The molecular weight excluding hydrogens is 236 g/mol. The molecular formula is C5H12O11. The molecule has 11 nitrogen and oxygen atoms in total. The molecule has 98 valence electrons. The van der Waals surface area contributed by atoms with Crippen molar-refractivity contribution in [3.63, 3.8) is 0 Å². The first-order chi connectivity index (χ1) is 6.20. The van der Waals surface area contributed by atoms with Crippen LogP contribution < -0.4 is 0 Å². The van der Waals surface area contributed by atoms with E-state index < -0.39 is 30.3 Å². The van der Waals surface area contributed by atoms with Gasteiger partial charge in [-0.05, 0) is 0 Å². The molecule has 11 heteroatoms. The lowest BCUT2D eigenvalue weighted by atomic mass is 10.2. The van der Waals surface area contributed by atoms with Gasteiger partial charge in [0.1, 0.15) is 0 Å². The van der Waals surface area contributed by atoms with Gasteiger partial charge in [0.15, 0.2) is 12.2 Å². The summed E-state index contributed by atoms with van der Waals surface area (Å²) >= 11 is 0. The van der Waals surface area contributed by atoms with E-state index >= 15 is 0 Å². The second-order valence-electron chi connectivity index (χ2n) is 1.85. The Balaban J connectivity index is -0.000000105. The van der Waals surface area contributed by atoms with E-state index in [4.69, 9.17) is 35.4 Å². The number of rotatable bonds is 3. The third-order valence-corrected chi connectivity index (χ3v) is 0.805. The maximum Gasteiger partial charge on any atom is 0.503 e. The molecule has 0 fully saturated rings. The highest BCUT2D eigenvalue weighted by molar-refractivity contribution is 5.83. The van der Waals surface area contributed by atoms with Gasteiger partial charge in [-0.15, -0.1) is 0 Å². The first-order valence-corrected chi connectivity index (χ1v) is 2.93. The van der Waals surface area contributed by atoms with Crippen molar-refractivity contribution in [2.45, 2.75) is 12.2 Å². The summed E-state index contributed by atoms with van der Waals surface area (Å²) in [5, 5.41) is 46.5. The Kier molecular flexibility index (Phi) is 16.5. The van der Waals surface area contributed by atoms with Crippen LogP contribution in [0, 0.1) is 0 Å². The van der Waals surface area contributed by atoms with Crippen molar-refractivity contribution in [2.75, 3.05) is 0 Å². The first-order valence-electron chi connectivity index (χ1n) is 2.93. The molecule has 0 aliphatic carbocycles. The standard InChI is InChI=1S/C4H6O6.CH2O3.2H2O/c5-1(3(7)8)2(6)4(9)10;2-1(3)4;;/h1-2,5-6H,(H,7,8)(H,9,10);(H2,2,3,4);2*1H2. The van der Waals surface area contributed by atoms with Crippen LogP contribution >= 0.6 is 0 Å². The summed E-state index contributed by atoms with van der Waals surface area (Å²) in [6.07, 6.45) is -6.37. The SMILES string of the molecule is O.O.O=C(O)C(O)C(O)C(=O)O.O=C(O)O. The number of carboxylic acid groups (broad SMARTS) is 4. The molecule has 0 radical (unpaired) electrons. The molecule has 2 atom stereocenters. The summed E-state index contributed by atoms with van der Waals surface area (Å²) in [6, 6.07) is 0. The molecule has 0 saturated carbocycles. The fourth-order valence-electron chi connectivity index (χ4n) is 0.270. The van der Waals surface area contributed by atoms with Gasteiger partial charge < -0.3 is 41.6 Å². The van der Waals surface area contributed by atoms with E-state index in [0.717, 1.165) is 0 Å². The highest BCUT2D eigenvalue weighted by atomic mass is 16.6. The summed E-state index contributed by atoms with van der Waals surface area (Å²) in [7, 11) is 0. The maximum absolute atomic E-state index is 9.77. The fraction of sp³-hybridized carbons (Fsp3) is 0.400. The third-order valence-electron chi connectivity index (χ3n) is 0.805. The summed E-state index contributed by atoms with van der Waals surface area (Å²) < 4.78 is 0. The third kappa shape index (κ3) is 14.6. The van der Waals surface area contributed by atoms with Gasteiger partial charge in [0.05, 0.1) is 0 Å². The lowest BCUT2D eigenvalue weighted by Gasteiger charge is -2.07. The molecule has 0 spiro atoms. The maximum atomic E-state index is 9.77. The molecule has 0 aromatic heterocycles. The van der Waals surface area contributed by atoms with Crippen molar-refractivity contribution in [3.05, 3.63) is 0 Å². The zero-order chi connectivity index (χ0) is 11.9. The van der Waals surface area contributed by atoms with Gasteiger partial charge in [-0.25, -0.2) is 14.4 Å². The van der Waals surface area contributed by atoms with Gasteiger partial charge in [0, 0.05) is 0 Å². The minimum atomic E-state index is -2.27. The normalized spacial score (nSPS) is 11.4. The number of hydrogen-bond acceptors (Lipinski definition) is 5. The topological polar surface area (TPSA) is 236 Å². The van der Waals surface area contributed by atoms with Gasteiger partial charge in [-0.3, -0.25) is 0 Å². The van der Waals surface area contributed by atoms with E-state index in [1.54, 1.807) is 0 Å². The molecule has 0 saturated heterocycles. The second kappa shape index (κ2) is 11.1. The summed E-state index contributed by atoms with van der Waals surface area (Å²) in [6.45, 7) is 0. The molecule has 0 aliphatic heterocycles. The van der Waals surface area contributed by atoms with Crippen molar-refractivity contribution in [2.24, 2.45) is 0 Å². The molecule has 10 N–H and O–H groups in total. The summed E-state index contributed by atoms with van der Waals surface area (Å²) in [5.41, 5.74) is 0. The summed E-state index contributed by atoms with van der Waals surface area (Å²) in [4.78, 5) is 28.1. The van der Waals surface area contributed by atoms with Crippen LogP contribution in [0.2, 0.25) is 0 Å². The molecule has 0 aromatic carbocycles. The van der Waals surface area contributed by atoms with Gasteiger partial charge in [0.25, 0.3) is 0 Å². The van der Waals surface area contributed by atoms with Gasteiger partial charge in [-0.2, -0.15) is 0 Å². The predicted molar refractivity (Wildman–Crippen MR) is 45.2 cm³/mol. The average Bonchev–Trinajstić information content (AvgIpc) is 2.00. The zero-order valence-electron chi connectivity index (χ0n) is 7.56. The van der Waals surface area contributed by atoms with Crippen LogP contribution in [0.25, 0.3) is 0 Å². The molecule has 2 unspecified atom stereocenters. The van der Waals surface area contributed by atoms with Crippen molar-refractivity contribution in [1.29, 1.82) is 0 Å². The highest BCUT2D eigenvalue weighted by Gasteiger charge is 2.29. The Morgan fingerprint density at radius 1 is 0.688 bits per heavy atom. The van der Waals surface area contributed by atoms with Gasteiger partial charge in [0.2, 0.25) is 0 Å². The Hall–Kier alpha value is -1.95. The predicted octanol–water partition coefficient (Wildman–Crippen LogP) is -3.55. The van der Waals surface area contributed by atoms with Gasteiger partial charge in [-0.1, -0.05) is 0 Å². The van der Waals surface area contributed by atoms with Crippen LogP contribution in [-0.2, 0) is 9.59 Å². The van der Waals surface area contributed by atoms with E-state index in [1.165, 1.54) is 0 Å². The molecule has 0 aliphatic rings. The van der Waals surface area contributed by atoms with Crippen LogP contribution in [0.4, 0.5) is 4.79 Å². The number of carbonyl (C=O) groups is 3. The molecule has 16 heavy (non-hydrogen) atoms. The molecule has 0 bridgehead atoms. The van der Waals surface area contributed by atoms with Crippen LogP contribution in [0.1, 0.15) is 0 Å². The first kappa shape index (κ1) is 23.7. The minimum absolute atomic E-state index is 0. The number of aliphatic hydroxyl groups excluding tert-OH is 2. The number of aliphatic carboxylic acids is 2. The highest BCUT2D eigenvalue weighted by Crippen LogP contribution is 1.92. The van der Waals surface area contributed by atoms with Crippen LogP contribution in [0.3, 0.4) is 0 Å². The smallest absolute Gasteiger partial charge is 0.479 e. The summed E-state index contributed by atoms with van der Waals surface area (Å²) in [5.74, 6) is -3.54. The minimum Gasteiger partial charge on any atom is -0.479 e. The van der Waals surface area contributed by atoms with E-state index in [1.807, 2.05) is 0 Å². The van der Waals surface area contributed by atoms with Crippen molar-refractivity contribution >= 4 is 18.1 Å². The van der Waals surface area contributed by atoms with Crippen molar-refractivity contribution in [1.82, 2.24) is 0 Å². The van der Waals surface area contributed by atoms with E-state index in [2.05, 4.69) is 0 Å². The molecule has 0 aromatic rings. The largest absolute Gasteiger partial charge is 0.503 e. The zero-order valence-corrected chi connectivity index (χ0v) is 7.56. The molecule has 0 rings (SSSR count). The van der Waals surface area contributed by atoms with E-state index in [-0.39, 0.29) is 11.0 Å². The van der Waals surface area contributed by atoms with Gasteiger partial charge >= 0.3 is 18.1 Å². The molecule has 0 amide bonds. The van der Waals surface area contributed by atoms with E-state index in [9.17, 15) is 9.59 Å². The second-order valence-corrected chi connectivity index (χ2v) is 1.85. The van der Waals surface area contributed by atoms with Crippen molar-refractivity contribution in [3.8, 4) is 0 Å². The van der Waals surface area contributed by atoms with E-state index in [0.29, 0.717) is 0 Å². The quantitative estimate of drug-likeness (QED) is 0.289. The number of aliphatic hydroxyl groups is 2. The lowest BCUT2D eigenvalue weighted by Crippen LogP contribution is -2.39. The lowest BCUT2D eigenvalue weighted by molar-refractivity contribution is -0.165. The number of hydrogen-bond donors (Lipinski definition) is 6. The monoisotopic (exact) mass is 248 g/mol. The Morgan fingerprint density at radius 3 is 0.875 bits per heavy atom. The average molecular weight is 248 g/mol. The van der Waals surface area contributed by atoms with Crippen molar-refractivity contribution < 1.29 is 56.0 Å².